The van der Waals surface area contributed by atoms with Gasteiger partial charge in [0.15, 0.2) is 0 Å². The van der Waals surface area contributed by atoms with E-state index in [0.29, 0.717) is 31.0 Å². The number of nitrogens with zero attached hydrogens (tertiary/aromatic N) is 2. The zero-order valence-electron chi connectivity index (χ0n) is 12.6. The summed E-state index contributed by atoms with van der Waals surface area (Å²) in [7, 11) is 1.96. The maximum Gasteiger partial charge on any atom is 0.233 e. The first-order valence-corrected chi connectivity index (χ1v) is 7.50. The lowest BCUT2D eigenvalue weighted by molar-refractivity contribution is 0.0476. The summed E-state index contributed by atoms with van der Waals surface area (Å²) in [4.78, 5) is 4.55. The van der Waals surface area contributed by atoms with E-state index in [0.717, 1.165) is 25.9 Å². The van der Waals surface area contributed by atoms with Crippen molar-refractivity contribution >= 4 is 0 Å². The number of ether oxygens (including phenoxy) is 2. The minimum absolute atomic E-state index is 0.0694. The first-order valence-electron chi connectivity index (χ1n) is 7.50. The van der Waals surface area contributed by atoms with E-state index in [9.17, 15) is 0 Å². The van der Waals surface area contributed by atoms with Gasteiger partial charge in [0.05, 0.1) is 12.5 Å². The highest BCUT2D eigenvalue weighted by Crippen LogP contribution is 2.27. The summed E-state index contributed by atoms with van der Waals surface area (Å²) < 4.78 is 16.7. The SMILES string of the molecule is CCCC(OCC)c1noc(C2COCCC2NC)n1. The fourth-order valence-corrected chi connectivity index (χ4v) is 2.61. The van der Waals surface area contributed by atoms with Crippen LogP contribution < -0.4 is 5.32 Å². The van der Waals surface area contributed by atoms with E-state index < -0.39 is 0 Å². The van der Waals surface area contributed by atoms with E-state index in [1.54, 1.807) is 0 Å². The molecule has 0 aliphatic carbocycles. The molecule has 2 heterocycles. The van der Waals surface area contributed by atoms with Gasteiger partial charge in [-0.2, -0.15) is 4.98 Å². The quantitative estimate of drug-likeness (QED) is 0.826. The van der Waals surface area contributed by atoms with E-state index >= 15 is 0 Å². The van der Waals surface area contributed by atoms with Crippen LogP contribution in [0.15, 0.2) is 4.52 Å². The van der Waals surface area contributed by atoms with Gasteiger partial charge in [0.2, 0.25) is 11.7 Å². The minimum Gasteiger partial charge on any atom is -0.381 e. The van der Waals surface area contributed by atoms with Gasteiger partial charge in [0, 0.05) is 19.3 Å². The monoisotopic (exact) mass is 283 g/mol. The van der Waals surface area contributed by atoms with Gasteiger partial charge < -0.3 is 19.3 Å². The number of hydrogen-bond acceptors (Lipinski definition) is 6. The Hall–Kier alpha value is -0.980. The Bertz CT molecular complexity index is 391. The van der Waals surface area contributed by atoms with Crippen molar-refractivity contribution in [2.45, 2.75) is 51.2 Å². The van der Waals surface area contributed by atoms with Gasteiger partial charge in [-0.05, 0) is 26.8 Å². The lowest BCUT2D eigenvalue weighted by Gasteiger charge is -2.28. The molecule has 1 aromatic rings. The Morgan fingerprint density at radius 1 is 1.45 bits per heavy atom. The molecule has 0 spiro atoms. The number of nitrogens with one attached hydrogen (secondary N) is 1. The van der Waals surface area contributed by atoms with Gasteiger partial charge in [-0.15, -0.1) is 0 Å². The molecule has 0 saturated carbocycles. The summed E-state index contributed by atoms with van der Waals surface area (Å²) in [5.41, 5.74) is 0. The van der Waals surface area contributed by atoms with Crippen LogP contribution in [-0.4, -0.2) is 43.1 Å². The highest BCUT2D eigenvalue weighted by atomic mass is 16.5. The van der Waals surface area contributed by atoms with Crippen molar-refractivity contribution in [3.8, 4) is 0 Å². The number of likely N-dealkylation sites (N-methyl/N-ethyl adjacent to an activating group) is 1. The molecule has 0 amide bonds. The molecule has 6 heteroatoms. The van der Waals surface area contributed by atoms with Crippen LogP contribution in [0.4, 0.5) is 0 Å². The normalized spacial score (nSPS) is 24.8. The Kier molecular flexibility index (Phi) is 5.94. The fourth-order valence-electron chi connectivity index (χ4n) is 2.61. The highest BCUT2D eigenvalue weighted by molar-refractivity contribution is 5.02. The van der Waals surface area contributed by atoms with Crippen LogP contribution in [0.2, 0.25) is 0 Å². The third-order valence-electron chi connectivity index (χ3n) is 3.71. The Balaban J connectivity index is 2.09. The van der Waals surface area contributed by atoms with Crippen LogP contribution in [0, 0.1) is 0 Å². The van der Waals surface area contributed by atoms with Crippen LogP contribution in [0.5, 0.6) is 0 Å². The molecular formula is C14H25N3O3. The largest absolute Gasteiger partial charge is 0.381 e. The van der Waals surface area contributed by atoms with E-state index in [1.807, 2.05) is 14.0 Å². The van der Waals surface area contributed by atoms with E-state index in [2.05, 4.69) is 22.4 Å². The van der Waals surface area contributed by atoms with Crippen molar-refractivity contribution in [2.75, 3.05) is 26.9 Å². The minimum atomic E-state index is -0.0694. The van der Waals surface area contributed by atoms with Gasteiger partial charge in [-0.25, -0.2) is 0 Å². The Morgan fingerprint density at radius 3 is 3.00 bits per heavy atom. The van der Waals surface area contributed by atoms with Gasteiger partial charge in [0.25, 0.3) is 0 Å². The van der Waals surface area contributed by atoms with Crippen molar-refractivity contribution < 1.29 is 14.0 Å². The molecule has 6 nitrogen and oxygen atoms in total. The number of hydrogen-bond donors (Lipinski definition) is 1. The molecule has 1 fully saturated rings. The van der Waals surface area contributed by atoms with Crippen molar-refractivity contribution in [1.29, 1.82) is 0 Å². The van der Waals surface area contributed by atoms with Crippen LogP contribution in [0.3, 0.4) is 0 Å². The summed E-state index contributed by atoms with van der Waals surface area (Å²) in [5, 5.41) is 7.41. The molecule has 1 saturated heterocycles. The molecule has 1 aliphatic rings. The standard InChI is InChI=1S/C14H25N3O3/c1-4-6-12(19-5-2)13-16-14(20-17-13)10-9-18-8-7-11(10)15-3/h10-12,15H,4-9H2,1-3H3. The van der Waals surface area contributed by atoms with Crippen LogP contribution in [0.1, 0.15) is 56.8 Å². The average Bonchev–Trinajstić information content (AvgIpc) is 2.96. The topological polar surface area (TPSA) is 69.4 Å². The second kappa shape index (κ2) is 7.71. The van der Waals surface area contributed by atoms with E-state index in [1.165, 1.54) is 0 Å². The number of aromatic nitrogens is 2. The van der Waals surface area contributed by atoms with Crippen molar-refractivity contribution in [2.24, 2.45) is 0 Å². The average molecular weight is 283 g/mol. The van der Waals surface area contributed by atoms with Gasteiger partial charge >= 0.3 is 0 Å². The summed E-state index contributed by atoms with van der Waals surface area (Å²) >= 11 is 0. The van der Waals surface area contributed by atoms with Crippen molar-refractivity contribution in [3.05, 3.63) is 11.7 Å². The van der Waals surface area contributed by atoms with Gasteiger partial charge in [-0.3, -0.25) is 0 Å². The van der Waals surface area contributed by atoms with E-state index in [4.69, 9.17) is 14.0 Å². The predicted octanol–water partition coefficient (Wildman–Crippen LogP) is 2.04. The molecule has 2 rings (SSSR count). The number of rotatable bonds is 7. The molecule has 1 aliphatic heterocycles. The predicted molar refractivity (Wildman–Crippen MR) is 74.6 cm³/mol. The van der Waals surface area contributed by atoms with Crippen molar-refractivity contribution in [1.82, 2.24) is 15.5 Å². The second-order valence-corrected chi connectivity index (χ2v) is 5.09. The first kappa shape index (κ1) is 15.4. The molecule has 20 heavy (non-hydrogen) atoms. The Morgan fingerprint density at radius 2 is 2.30 bits per heavy atom. The lowest BCUT2D eigenvalue weighted by atomic mass is 9.96. The van der Waals surface area contributed by atoms with Crippen LogP contribution in [-0.2, 0) is 9.47 Å². The van der Waals surface area contributed by atoms with E-state index in [-0.39, 0.29) is 12.0 Å². The summed E-state index contributed by atoms with van der Waals surface area (Å²) in [5.74, 6) is 1.43. The Labute approximate surface area is 120 Å². The first-order chi connectivity index (χ1) is 9.80. The third kappa shape index (κ3) is 3.56. The molecule has 0 radical (unpaired) electrons. The van der Waals surface area contributed by atoms with Crippen molar-refractivity contribution in [3.63, 3.8) is 0 Å². The van der Waals surface area contributed by atoms with Gasteiger partial charge in [-0.1, -0.05) is 18.5 Å². The summed E-state index contributed by atoms with van der Waals surface area (Å²) in [6, 6.07) is 0.328. The second-order valence-electron chi connectivity index (χ2n) is 5.09. The molecule has 114 valence electrons. The molecule has 3 atom stereocenters. The zero-order chi connectivity index (χ0) is 14.4. The van der Waals surface area contributed by atoms with Crippen LogP contribution in [0.25, 0.3) is 0 Å². The lowest BCUT2D eigenvalue weighted by Crippen LogP contribution is -2.39. The highest BCUT2D eigenvalue weighted by Gasteiger charge is 2.31. The molecule has 0 aromatic carbocycles. The maximum atomic E-state index is 5.69. The molecule has 3 unspecified atom stereocenters. The van der Waals surface area contributed by atoms with Gasteiger partial charge in [0.1, 0.15) is 6.10 Å². The fraction of sp³-hybridized carbons (Fsp3) is 0.857. The smallest absolute Gasteiger partial charge is 0.233 e. The molecular weight excluding hydrogens is 258 g/mol. The maximum absolute atomic E-state index is 5.69. The summed E-state index contributed by atoms with van der Waals surface area (Å²) in [6.07, 6.45) is 2.83. The third-order valence-corrected chi connectivity index (χ3v) is 3.71. The molecule has 1 N–H and O–H groups in total. The molecule has 1 aromatic heterocycles. The van der Waals surface area contributed by atoms with Crippen LogP contribution >= 0.6 is 0 Å². The molecule has 0 bridgehead atoms. The summed E-state index contributed by atoms with van der Waals surface area (Å²) in [6.45, 7) is 6.16. The zero-order valence-corrected chi connectivity index (χ0v) is 12.6.